The van der Waals surface area contributed by atoms with E-state index in [1.54, 1.807) is 31.1 Å². The molecule has 0 radical (unpaired) electrons. The summed E-state index contributed by atoms with van der Waals surface area (Å²) in [5, 5.41) is 23.7. The Morgan fingerprint density at radius 1 is 1.08 bits per heavy atom. The van der Waals surface area contributed by atoms with Crippen molar-refractivity contribution in [2.24, 2.45) is 23.7 Å². The molecule has 1 aliphatic rings. The van der Waals surface area contributed by atoms with Crippen molar-refractivity contribution in [3.8, 4) is 5.75 Å². The molecular formula is C39H58N4O8S. The minimum Gasteiger partial charge on any atom is -0.508 e. The number of amides is 2. The molecule has 3 N–H and O–H groups in total. The lowest BCUT2D eigenvalue weighted by atomic mass is 9.82. The minimum atomic E-state index is -0.983. The van der Waals surface area contributed by atoms with Gasteiger partial charge in [-0.25, -0.2) is 4.98 Å². The molecular weight excluding hydrogens is 685 g/mol. The summed E-state index contributed by atoms with van der Waals surface area (Å²) in [6.45, 7) is 10.9. The van der Waals surface area contributed by atoms with Crippen LogP contribution in [0.2, 0.25) is 0 Å². The molecule has 2 amide bonds. The number of carboxylic acids is 1. The fourth-order valence-electron chi connectivity index (χ4n) is 6.88. The van der Waals surface area contributed by atoms with E-state index in [1.165, 1.54) is 17.5 Å². The molecule has 1 aliphatic heterocycles. The molecule has 0 saturated carbocycles. The number of hydrogen-bond acceptors (Lipinski definition) is 10. The van der Waals surface area contributed by atoms with Gasteiger partial charge < -0.3 is 25.2 Å². The quantitative estimate of drug-likeness (QED) is 0.140. The van der Waals surface area contributed by atoms with Gasteiger partial charge in [-0.3, -0.25) is 28.9 Å². The van der Waals surface area contributed by atoms with E-state index in [1.807, 2.05) is 34.7 Å². The molecule has 13 heteroatoms. The third-order valence-electron chi connectivity index (χ3n) is 10.4. The normalized spacial score (nSPS) is 17.9. The van der Waals surface area contributed by atoms with E-state index in [2.05, 4.69) is 15.2 Å². The first kappa shape index (κ1) is 42.7. The molecule has 1 saturated heterocycles. The van der Waals surface area contributed by atoms with Crippen LogP contribution < -0.4 is 5.32 Å². The van der Waals surface area contributed by atoms with E-state index in [9.17, 15) is 34.2 Å². The van der Waals surface area contributed by atoms with Crippen LogP contribution in [0, 0.1) is 23.7 Å². The number of phenolic OH excluding ortho intramolecular Hbond substituents is 1. The van der Waals surface area contributed by atoms with Gasteiger partial charge in [-0.2, -0.15) is 0 Å². The van der Waals surface area contributed by atoms with Crippen LogP contribution in [0.5, 0.6) is 5.75 Å². The summed E-state index contributed by atoms with van der Waals surface area (Å²) >= 11 is 1.05. The Balaban J connectivity index is 1.80. The van der Waals surface area contributed by atoms with Gasteiger partial charge in [-0.05, 0) is 68.8 Å². The zero-order valence-electron chi connectivity index (χ0n) is 31.8. The Kier molecular flexibility index (Phi) is 16.9. The highest BCUT2D eigenvalue weighted by Gasteiger charge is 2.38. The summed E-state index contributed by atoms with van der Waals surface area (Å²) in [6, 6.07) is 5.25. The van der Waals surface area contributed by atoms with Gasteiger partial charge in [-0.15, -0.1) is 11.3 Å². The number of aromatic hydroxyl groups is 1. The number of aliphatic carboxylic acids is 1. The number of benzene rings is 1. The SMILES string of the molecule is CCC(C)C(CC(=O)C1CCCCN1C)C(=O)N(CCOC)[C@H](CC(=O)c1nc(C(=O)N[C@@H](Cc2ccc(O)cc2)C[C@H](C)C(=O)O)cs1)C(C)C. The average Bonchev–Trinajstić information content (AvgIpc) is 3.61. The molecule has 0 bridgehead atoms. The van der Waals surface area contributed by atoms with Crippen molar-refractivity contribution in [2.45, 2.75) is 104 Å². The van der Waals surface area contributed by atoms with E-state index in [4.69, 9.17) is 4.74 Å². The molecule has 1 aromatic heterocycles. The van der Waals surface area contributed by atoms with Gasteiger partial charge in [-0.1, -0.05) is 59.6 Å². The van der Waals surface area contributed by atoms with Crippen LogP contribution in [0.4, 0.5) is 0 Å². The van der Waals surface area contributed by atoms with Crippen LogP contribution in [0.25, 0.3) is 0 Å². The van der Waals surface area contributed by atoms with E-state index in [0.29, 0.717) is 6.42 Å². The highest BCUT2D eigenvalue weighted by Crippen LogP contribution is 2.29. The zero-order chi connectivity index (χ0) is 38.5. The molecule has 0 aliphatic carbocycles. The van der Waals surface area contributed by atoms with Gasteiger partial charge in [0, 0.05) is 49.9 Å². The summed E-state index contributed by atoms with van der Waals surface area (Å²) in [5.41, 5.74) is 0.854. The predicted octanol–water partition coefficient (Wildman–Crippen LogP) is 5.48. The summed E-state index contributed by atoms with van der Waals surface area (Å²) in [5.74, 6) is -3.20. The van der Waals surface area contributed by atoms with E-state index in [0.717, 1.165) is 49.1 Å². The first-order valence-corrected chi connectivity index (χ1v) is 19.4. The van der Waals surface area contributed by atoms with Crippen LogP contribution in [0.3, 0.4) is 0 Å². The highest BCUT2D eigenvalue weighted by atomic mass is 32.1. The van der Waals surface area contributed by atoms with Crippen LogP contribution in [0.1, 0.15) is 105 Å². The molecule has 1 aromatic carbocycles. The molecule has 3 rings (SSSR count). The van der Waals surface area contributed by atoms with Crippen LogP contribution in [-0.2, 0) is 25.5 Å². The summed E-state index contributed by atoms with van der Waals surface area (Å²) in [7, 11) is 3.53. The lowest BCUT2D eigenvalue weighted by Crippen LogP contribution is -2.51. The third kappa shape index (κ3) is 12.2. The second-order valence-corrected chi connectivity index (χ2v) is 15.5. The molecule has 12 nitrogen and oxygen atoms in total. The topological polar surface area (TPSA) is 166 Å². The fourth-order valence-corrected chi connectivity index (χ4v) is 7.63. The maximum atomic E-state index is 14.5. The summed E-state index contributed by atoms with van der Waals surface area (Å²) in [4.78, 5) is 75.0. The Bertz CT molecular complexity index is 1500. The van der Waals surface area contributed by atoms with Crippen molar-refractivity contribution in [3.05, 3.63) is 45.9 Å². The second kappa shape index (κ2) is 20.5. The zero-order valence-corrected chi connectivity index (χ0v) is 32.6. The van der Waals surface area contributed by atoms with Crippen molar-refractivity contribution >= 4 is 40.7 Å². The van der Waals surface area contributed by atoms with Crippen molar-refractivity contribution in [1.29, 1.82) is 0 Å². The Morgan fingerprint density at radius 2 is 1.77 bits per heavy atom. The number of likely N-dealkylation sites (N-methyl/N-ethyl adjacent to an activating group) is 1. The van der Waals surface area contributed by atoms with Gasteiger partial charge in [0.25, 0.3) is 5.91 Å². The van der Waals surface area contributed by atoms with E-state index in [-0.39, 0.29) is 84.2 Å². The number of hydrogen-bond donors (Lipinski definition) is 3. The number of likely N-dealkylation sites (tertiary alicyclic amines) is 1. The van der Waals surface area contributed by atoms with Crippen LogP contribution >= 0.6 is 11.3 Å². The van der Waals surface area contributed by atoms with E-state index >= 15 is 0 Å². The van der Waals surface area contributed by atoms with Gasteiger partial charge >= 0.3 is 5.97 Å². The van der Waals surface area contributed by atoms with Crippen LogP contribution in [-0.4, -0.2) is 106 Å². The average molecular weight is 743 g/mol. The minimum absolute atomic E-state index is 0.0200. The second-order valence-electron chi connectivity index (χ2n) is 14.7. The smallest absolute Gasteiger partial charge is 0.306 e. The van der Waals surface area contributed by atoms with E-state index < -0.39 is 35.8 Å². The summed E-state index contributed by atoms with van der Waals surface area (Å²) in [6.07, 6.45) is 4.20. The van der Waals surface area contributed by atoms with Crippen molar-refractivity contribution < 1.29 is 38.9 Å². The molecule has 6 atom stereocenters. The van der Waals surface area contributed by atoms with Crippen LogP contribution in [0.15, 0.2) is 29.6 Å². The number of Topliss-reactive ketones (excluding diaryl/α,β-unsaturated/α-hetero) is 2. The number of thiazole rings is 1. The molecule has 288 valence electrons. The number of ketones is 2. The predicted molar refractivity (Wildman–Crippen MR) is 201 cm³/mol. The fraction of sp³-hybridized carbons (Fsp3) is 0.641. The lowest BCUT2D eigenvalue weighted by Gasteiger charge is -2.38. The van der Waals surface area contributed by atoms with Gasteiger partial charge in [0.1, 0.15) is 11.4 Å². The number of phenols is 1. The maximum Gasteiger partial charge on any atom is 0.306 e. The number of methoxy groups -OCH3 is 1. The molecule has 3 unspecified atom stereocenters. The van der Waals surface area contributed by atoms with Gasteiger partial charge in [0.2, 0.25) is 5.91 Å². The third-order valence-corrected chi connectivity index (χ3v) is 11.3. The molecule has 0 spiro atoms. The number of carbonyl (C=O) groups is 5. The Hall–Kier alpha value is -3.68. The number of carboxylic acid groups (broad SMARTS) is 1. The highest BCUT2D eigenvalue weighted by molar-refractivity contribution is 7.12. The Labute approximate surface area is 312 Å². The first-order valence-electron chi connectivity index (χ1n) is 18.5. The number of aromatic nitrogens is 1. The number of ether oxygens (including phenoxy) is 1. The number of carbonyl (C=O) groups excluding carboxylic acids is 4. The standard InChI is InChI=1S/C39H58N4O8S/c1-8-25(4)30(21-34(45)32-11-9-10-16-42(32)6)38(48)43(17-18-51-7)33(24(2)3)22-35(46)37-41-31(23-52-37)36(47)40-28(19-26(5)39(49)50)20-27-12-14-29(44)15-13-27/h12-15,23-26,28,30,32-33,44H,8-11,16-22H2,1-7H3,(H,40,47)(H,49,50)/t25?,26-,28+,30?,32?,33+/m0/s1. The largest absolute Gasteiger partial charge is 0.508 e. The van der Waals surface area contributed by atoms with Crippen molar-refractivity contribution in [2.75, 3.05) is 33.9 Å². The number of nitrogens with one attached hydrogen (secondary N) is 1. The van der Waals surface area contributed by atoms with Crippen molar-refractivity contribution in [1.82, 2.24) is 20.1 Å². The first-order chi connectivity index (χ1) is 24.7. The monoisotopic (exact) mass is 742 g/mol. The molecule has 1 fully saturated rings. The number of piperidine rings is 1. The number of rotatable bonds is 21. The maximum absolute atomic E-state index is 14.5. The van der Waals surface area contributed by atoms with Gasteiger partial charge in [0.15, 0.2) is 16.6 Å². The lowest BCUT2D eigenvalue weighted by molar-refractivity contribution is -0.144. The Morgan fingerprint density at radius 3 is 2.37 bits per heavy atom. The number of nitrogens with zero attached hydrogens (tertiary/aromatic N) is 3. The van der Waals surface area contributed by atoms with Crippen molar-refractivity contribution in [3.63, 3.8) is 0 Å². The molecule has 2 aromatic rings. The molecule has 2 heterocycles. The van der Waals surface area contributed by atoms with Gasteiger partial charge in [0.05, 0.1) is 18.6 Å². The summed E-state index contributed by atoms with van der Waals surface area (Å²) < 4.78 is 5.39. The molecule has 52 heavy (non-hydrogen) atoms.